The summed E-state index contributed by atoms with van der Waals surface area (Å²) < 4.78 is 74.2. The molecule has 3 aromatic carbocycles. The normalized spacial score (nSPS) is 11.7. The number of hydrogen-bond donors (Lipinski definition) is 2. The highest BCUT2D eigenvalue weighted by Gasteiger charge is 2.21. The van der Waals surface area contributed by atoms with Gasteiger partial charge in [-0.2, -0.15) is 0 Å². The van der Waals surface area contributed by atoms with Gasteiger partial charge in [-0.05, 0) is 61.0 Å². The van der Waals surface area contributed by atoms with Crippen molar-refractivity contribution in [2.45, 2.75) is 16.7 Å². The second kappa shape index (κ2) is 8.33. The second-order valence-corrected chi connectivity index (χ2v) is 9.68. The van der Waals surface area contributed by atoms with E-state index < -0.39 is 25.9 Å². The van der Waals surface area contributed by atoms with Crippen LogP contribution in [0.4, 0.5) is 15.8 Å². The van der Waals surface area contributed by atoms with Gasteiger partial charge >= 0.3 is 0 Å². The summed E-state index contributed by atoms with van der Waals surface area (Å²) in [5, 5.41) is 0. The number of benzene rings is 3. The molecule has 3 aromatic rings. The zero-order valence-corrected chi connectivity index (χ0v) is 17.7. The summed E-state index contributed by atoms with van der Waals surface area (Å²) in [6.07, 6.45) is 0. The number of rotatable bonds is 7. The zero-order valence-electron chi connectivity index (χ0n) is 16.1. The summed E-state index contributed by atoms with van der Waals surface area (Å²) in [4.78, 5) is -0.196. The van der Waals surface area contributed by atoms with E-state index in [1.165, 1.54) is 67.8 Å². The van der Waals surface area contributed by atoms with E-state index in [2.05, 4.69) is 9.44 Å². The average molecular weight is 451 g/mol. The Hall–Kier alpha value is -3.11. The predicted molar refractivity (Wildman–Crippen MR) is 112 cm³/mol. The third-order valence-electron chi connectivity index (χ3n) is 4.22. The van der Waals surface area contributed by atoms with Gasteiger partial charge in [0.15, 0.2) is 0 Å². The van der Waals surface area contributed by atoms with Crippen molar-refractivity contribution in [2.75, 3.05) is 16.6 Å². The van der Waals surface area contributed by atoms with Gasteiger partial charge in [-0.15, -0.1) is 0 Å². The Balaban J connectivity index is 1.91. The molecule has 0 heterocycles. The molecule has 0 radical (unpaired) electrons. The summed E-state index contributed by atoms with van der Waals surface area (Å²) in [7, 11) is -6.66. The molecular weight excluding hydrogens is 431 g/mol. The lowest BCUT2D eigenvalue weighted by Crippen LogP contribution is -2.17. The predicted octanol–water partition coefficient (Wildman–Crippen LogP) is 3.74. The molecule has 0 atom stereocenters. The van der Waals surface area contributed by atoms with Crippen molar-refractivity contribution in [3.05, 3.63) is 78.1 Å². The van der Waals surface area contributed by atoms with Crippen molar-refractivity contribution in [1.82, 2.24) is 0 Å². The van der Waals surface area contributed by atoms with Crippen LogP contribution in [0.25, 0.3) is 0 Å². The number of methoxy groups -OCH3 is 1. The van der Waals surface area contributed by atoms with Gasteiger partial charge in [0.1, 0.15) is 11.6 Å². The number of sulfonamides is 2. The molecule has 0 spiro atoms. The van der Waals surface area contributed by atoms with E-state index in [-0.39, 0.29) is 21.2 Å². The van der Waals surface area contributed by atoms with E-state index in [0.717, 1.165) is 6.07 Å². The quantitative estimate of drug-likeness (QED) is 0.571. The minimum atomic E-state index is -4.16. The number of halogens is 1. The molecule has 0 unspecified atom stereocenters. The van der Waals surface area contributed by atoms with Gasteiger partial charge in [-0.25, -0.2) is 21.2 Å². The molecular formula is C20H19FN2O5S2. The van der Waals surface area contributed by atoms with Crippen LogP contribution < -0.4 is 14.2 Å². The third kappa shape index (κ3) is 4.71. The maximum Gasteiger partial charge on any atom is 0.262 e. The lowest BCUT2D eigenvalue weighted by atomic mass is 10.2. The largest absolute Gasteiger partial charge is 0.497 e. The summed E-state index contributed by atoms with van der Waals surface area (Å²) >= 11 is 0. The lowest BCUT2D eigenvalue weighted by molar-refractivity contribution is 0.414. The standard InChI is InChI=1S/C20H19FN2O5S2/c1-14-7-8-15(22-29(24,25)17-11-9-16(28-2)10-12-17)13-20(14)30(26,27)23-19-6-4-3-5-18(19)21/h3-13,22-23H,1-2H3. The van der Waals surface area contributed by atoms with Crippen LogP contribution in [0.1, 0.15) is 5.56 Å². The first-order valence-corrected chi connectivity index (χ1v) is 11.6. The molecule has 7 nitrogen and oxygen atoms in total. The van der Waals surface area contributed by atoms with E-state index in [0.29, 0.717) is 11.3 Å². The van der Waals surface area contributed by atoms with Crippen molar-refractivity contribution in [1.29, 1.82) is 0 Å². The highest BCUT2D eigenvalue weighted by Crippen LogP contribution is 2.26. The Bertz CT molecular complexity index is 1270. The topological polar surface area (TPSA) is 102 Å². The van der Waals surface area contributed by atoms with Gasteiger partial charge in [0, 0.05) is 0 Å². The molecule has 158 valence electrons. The van der Waals surface area contributed by atoms with Gasteiger partial charge < -0.3 is 4.74 Å². The molecule has 0 aliphatic heterocycles. The fraction of sp³-hybridized carbons (Fsp3) is 0.100. The SMILES string of the molecule is COc1ccc(S(=O)(=O)Nc2ccc(C)c(S(=O)(=O)Nc3ccccc3F)c2)cc1. The van der Waals surface area contributed by atoms with Crippen LogP contribution in [0.5, 0.6) is 5.75 Å². The Morgan fingerprint density at radius 2 is 1.50 bits per heavy atom. The second-order valence-electron chi connectivity index (χ2n) is 6.35. The van der Waals surface area contributed by atoms with Crippen LogP contribution in [0.2, 0.25) is 0 Å². The van der Waals surface area contributed by atoms with E-state index in [1.54, 1.807) is 6.92 Å². The first-order chi connectivity index (χ1) is 14.1. The Kier molecular flexibility index (Phi) is 5.99. The molecule has 0 aliphatic carbocycles. The van der Waals surface area contributed by atoms with Crippen molar-refractivity contribution < 1.29 is 26.0 Å². The first kappa shape index (κ1) is 21.6. The van der Waals surface area contributed by atoms with Crippen LogP contribution in [0, 0.1) is 12.7 Å². The van der Waals surface area contributed by atoms with Gasteiger partial charge in [0.05, 0.1) is 28.3 Å². The fourth-order valence-electron chi connectivity index (χ4n) is 2.67. The maximum absolute atomic E-state index is 13.9. The summed E-state index contributed by atoms with van der Waals surface area (Å²) in [5.41, 5.74) is 0.206. The number of hydrogen-bond acceptors (Lipinski definition) is 5. The van der Waals surface area contributed by atoms with E-state index in [4.69, 9.17) is 4.74 Å². The minimum Gasteiger partial charge on any atom is -0.497 e. The molecule has 0 aliphatic rings. The summed E-state index contributed by atoms with van der Waals surface area (Å²) in [6.45, 7) is 1.55. The molecule has 0 saturated heterocycles. The fourth-order valence-corrected chi connectivity index (χ4v) is 5.05. The Labute approximate surface area is 174 Å². The van der Waals surface area contributed by atoms with E-state index in [9.17, 15) is 21.2 Å². The summed E-state index contributed by atoms with van der Waals surface area (Å²) in [6, 6.07) is 15.2. The lowest BCUT2D eigenvalue weighted by Gasteiger charge is -2.14. The van der Waals surface area contributed by atoms with Gasteiger partial charge in [-0.1, -0.05) is 18.2 Å². The van der Waals surface area contributed by atoms with Crippen molar-refractivity contribution >= 4 is 31.4 Å². The number of nitrogens with one attached hydrogen (secondary N) is 2. The van der Waals surface area contributed by atoms with E-state index in [1.807, 2.05) is 0 Å². The molecule has 0 fully saturated rings. The Morgan fingerprint density at radius 3 is 2.13 bits per heavy atom. The molecule has 10 heteroatoms. The van der Waals surface area contributed by atoms with Crippen LogP contribution in [-0.2, 0) is 20.0 Å². The number of aryl methyl sites for hydroxylation is 1. The van der Waals surface area contributed by atoms with Gasteiger partial charge in [-0.3, -0.25) is 9.44 Å². The van der Waals surface area contributed by atoms with Crippen LogP contribution >= 0.6 is 0 Å². The third-order valence-corrected chi connectivity index (χ3v) is 7.12. The molecule has 2 N–H and O–H groups in total. The van der Waals surface area contributed by atoms with Crippen LogP contribution in [0.3, 0.4) is 0 Å². The molecule has 0 aromatic heterocycles. The van der Waals surface area contributed by atoms with Gasteiger partial charge in [0.25, 0.3) is 20.0 Å². The highest BCUT2D eigenvalue weighted by molar-refractivity contribution is 7.93. The molecule has 30 heavy (non-hydrogen) atoms. The highest BCUT2D eigenvalue weighted by atomic mass is 32.2. The average Bonchev–Trinajstić information content (AvgIpc) is 2.71. The van der Waals surface area contributed by atoms with Crippen molar-refractivity contribution in [3.8, 4) is 5.75 Å². The summed E-state index contributed by atoms with van der Waals surface area (Å²) in [5.74, 6) is -0.230. The molecule has 3 rings (SSSR count). The smallest absolute Gasteiger partial charge is 0.262 e. The molecule has 0 saturated carbocycles. The minimum absolute atomic E-state index is 0.0160. The van der Waals surface area contributed by atoms with Crippen LogP contribution in [-0.4, -0.2) is 23.9 Å². The Morgan fingerprint density at radius 1 is 0.833 bits per heavy atom. The number of para-hydroxylation sites is 1. The van der Waals surface area contributed by atoms with Gasteiger partial charge in [0.2, 0.25) is 0 Å². The first-order valence-electron chi connectivity index (χ1n) is 8.67. The maximum atomic E-state index is 13.9. The number of anilines is 2. The van der Waals surface area contributed by atoms with Crippen molar-refractivity contribution in [3.63, 3.8) is 0 Å². The molecule has 0 bridgehead atoms. The monoisotopic (exact) mass is 450 g/mol. The van der Waals surface area contributed by atoms with Crippen LogP contribution in [0.15, 0.2) is 76.5 Å². The zero-order chi connectivity index (χ0) is 21.9. The molecule has 0 amide bonds. The number of ether oxygens (including phenoxy) is 1. The van der Waals surface area contributed by atoms with E-state index >= 15 is 0 Å². The van der Waals surface area contributed by atoms with Crippen molar-refractivity contribution in [2.24, 2.45) is 0 Å².